The summed E-state index contributed by atoms with van der Waals surface area (Å²) in [6.07, 6.45) is 4.66. The van der Waals surface area contributed by atoms with Crippen LogP contribution >= 0.6 is 36.4 Å². The van der Waals surface area contributed by atoms with Gasteiger partial charge in [0.15, 0.2) is 0 Å². The number of nitrogens with one attached hydrogen (secondary N) is 1. The van der Waals surface area contributed by atoms with Gasteiger partial charge in [-0.3, -0.25) is 0 Å². The Labute approximate surface area is 168 Å². The van der Waals surface area contributed by atoms with Crippen LogP contribution in [0.5, 0.6) is 0 Å². The van der Waals surface area contributed by atoms with Crippen LogP contribution in [0.4, 0.5) is 0 Å². The summed E-state index contributed by atoms with van der Waals surface area (Å²) in [6, 6.07) is 11.3. The Hall–Kier alpha value is -0.710. The average molecular weight is 405 g/mol. The first-order valence-electron chi connectivity index (χ1n) is 8.47. The maximum Gasteiger partial charge on any atom is 0.0456 e. The fourth-order valence-electron chi connectivity index (χ4n) is 3.57. The van der Waals surface area contributed by atoms with Gasteiger partial charge >= 0.3 is 0 Å². The molecule has 1 aromatic heterocycles. The van der Waals surface area contributed by atoms with Crippen LogP contribution in [0.15, 0.2) is 30.3 Å². The third kappa shape index (κ3) is 5.38. The zero-order chi connectivity index (χ0) is 16.4. The van der Waals surface area contributed by atoms with E-state index in [0.717, 1.165) is 24.4 Å². The molecule has 3 nitrogen and oxygen atoms in total. The largest absolute Gasteiger partial charge is 0.328 e. The van der Waals surface area contributed by atoms with E-state index in [4.69, 9.17) is 17.3 Å². The summed E-state index contributed by atoms with van der Waals surface area (Å²) in [5.74, 6) is 0. The van der Waals surface area contributed by atoms with Crippen molar-refractivity contribution in [1.82, 2.24) is 9.88 Å². The minimum absolute atomic E-state index is 0. The van der Waals surface area contributed by atoms with Gasteiger partial charge in [0, 0.05) is 40.7 Å². The fourth-order valence-corrected chi connectivity index (χ4v) is 3.70. The van der Waals surface area contributed by atoms with E-state index in [1.165, 1.54) is 35.5 Å². The topological polar surface area (TPSA) is 43.0 Å². The standard InChI is InChI=1S/C19H26ClN3.2ClH/c1-13-11-15(12-22-18-7-5-17(21)6-8-18)14(2)23(13)19-9-3-16(20)4-10-19;;/h3-4,9-11,17-18,22H,5-8,12,21H2,1-2H3;2*1H. The first kappa shape index (κ1) is 22.3. The molecule has 1 aliphatic carbocycles. The Morgan fingerprint density at radius 3 is 2.28 bits per heavy atom. The lowest BCUT2D eigenvalue weighted by atomic mass is 9.92. The van der Waals surface area contributed by atoms with Crippen LogP contribution in [-0.2, 0) is 6.54 Å². The molecule has 1 fully saturated rings. The van der Waals surface area contributed by atoms with Crippen LogP contribution < -0.4 is 11.1 Å². The van der Waals surface area contributed by atoms with Crippen molar-refractivity contribution in [2.24, 2.45) is 5.73 Å². The molecule has 2 aromatic rings. The third-order valence-corrected chi connectivity index (χ3v) is 5.23. The van der Waals surface area contributed by atoms with Crippen molar-refractivity contribution in [3.8, 4) is 5.69 Å². The normalized spacial score (nSPS) is 19.8. The second-order valence-electron chi connectivity index (χ2n) is 6.70. The second-order valence-corrected chi connectivity index (χ2v) is 7.14. The smallest absolute Gasteiger partial charge is 0.0456 e. The maximum absolute atomic E-state index is 6.00. The van der Waals surface area contributed by atoms with Gasteiger partial charge in [0.05, 0.1) is 0 Å². The summed E-state index contributed by atoms with van der Waals surface area (Å²) < 4.78 is 2.30. The minimum atomic E-state index is 0. The molecule has 1 heterocycles. The number of benzene rings is 1. The summed E-state index contributed by atoms with van der Waals surface area (Å²) in [5, 5.41) is 4.48. The van der Waals surface area contributed by atoms with E-state index in [-0.39, 0.29) is 24.8 Å². The van der Waals surface area contributed by atoms with Crippen LogP contribution in [0.3, 0.4) is 0 Å². The Morgan fingerprint density at radius 2 is 1.68 bits per heavy atom. The first-order valence-corrected chi connectivity index (χ1v) is 8.85. The SMILES string of the molecule is Cc1cc(CNC2CCC(N)CC2)c(C)n1-c1ccc(Cl)cc1.Cl.Cl. The zero-order valence-electron chi connectivity index (χ0n) is 14.8. The van der Waals surface area contributed by atoms with Gasteiger partial charge in [-0.15, -0.1) is 24.8 Å². The molecule has 0 amide bonds. The molecule has 3 rings (SSSR count). The maximum atomic E-state index is 6.00. The Bertz CT molecular complexity index is 659. The zero-order valence-corrected chi connectivity index (χ0v) is 17.2. The predicted molar refractivity (Wildman–Crippen MR) is 112 cm³/mol. The second kappa shape index (κ2) is 9.84. The van der Waals surface area contributed by atoms with Crippen molar-refractivity contribution in [1.29, 1.82) is 0 Å². The highest BCUT2D eigenvalue weighted by molar-refractivity contribution is 6.30. The van der Waals surface area contributed by atoms with E-state index >= 15 is 0 Å². The molecule has 0 aliphatic heterocycles. The quantitative estimate of drug-likeness (QED) is 0.757. The molecule has 25 heavy (non-hydrogen) atoms. The molecular weight excluding hydrogens is 377 g/mol. The van der Waals surface area contributed by atoms with E-state index in [9.17, 15) is 0 Å². The van der Waals surface area contributed by atoms with Gasteiger partial charge in [0.2, 0.25) is 0 Å². The van der Waals surface area contributed by atoms with Crippen LogP contribution in [0, 0.1) is 13.8 Å². The Balaban J connectivity index is 0.00000156. The highest BCUT2D eigenvalue weighted by atomic mass is 35.5. The number of nitrogens with two attached hydrogens (primary N) is 1. The van der Waals surface area contributed by atoms with E-state index in [0.29, 0.717) is 12.1 Å². The van der Waals surface area contributed by atoms with Crippen molar-refractivity contribution in [2.45, 2.75) is 58.2 Å². The number of aryl methyl sites for hydroxylation is 1. The molecular formula is C19H28Cl3N3. The van der Waals surface area contributed by atoms with Gasteiger partial charge < -0.3 is 15.6 Å². The van der Waals surface area contributed by atoms with E-state index in [2.05, 4.69) is 41.9 Å². The molecule has 0 atom stereocenters. The van der Waals surface area contributed by atoms with Gasteiger partial charge in [0.25, 0.3) is 0 Å². The third-order valence-electron chi connectivity index (χ3n) is 4.97. The Morgan fingerprint density at radius 1 is 1.08 bits per heavy atom. The molecule has 0 spiro atoms. The van der Waals surface area contributed by atoms with Crippen molar-refractivity contribution in [3.63, 3.8) is 0 Å². The Kier molecular flexibility index (Phi) is 8.79. The van der Waals surface area contributed by atoms with Gasteiger partial charge in [-0.05, 0) is 75.4 Å². The van der Waals surface area contributed by atoms with Gasteiger partial charge in [-0.25, -0.2) is 0 Å². The molecule has 0 radical (unpaired) electrons. The van der Waals surface area contributed by atoms with Crippen LogP contribution in [-0.4, -0.2) is 16.7 Å². The lowest BCUT2D eigenvalue weighted by Crippen LogP contribution is -2.37. The molecule has 0 unspecified atom stereocenters. The number of halogens is 3. The van der Waals surface area contributed by atoms with Crippen molar-refractivity contribution in [3.05, 3.63) is 52.3 Å². The summed E-state index contributed by atoms with van der Waals surface area (Å²) in [6.45, 7) is 5.27. The first-order chi connectivity index (χ1) is 11.0. The number of hydrogen-bond acceptors (Lipinski definition) is 2. The molecule has 1 aromatic carbocycles. The average Bonchev–Trinajstić information content (AvgIpc) is 2.82. The predicted octanol–water partition coefficient (Wildman–Crippen LogP) is 4.95. The fraction of sp³-hybridized carbons (Fsp3) is 0.474. The van der Waals surface area contributed by atoms with Crippen LogP contribution in [0.25, 0.3) is 5.69 Å². The number of hydrogen-bond donors (Lipinski definition) is 2. The molecule has 1 aliphatic rings. The summed E-state index contributed by atoms with van der Waals surface area (Å²) in [7, 11) is 0. The molecule has 6 heteroatoms. The molecule has 140 valence electrons. The summed E-state index contributed by atoms with van der Waals surface area (Å²) in [5.41, 5.74) is 11.1. The van der Waals surface area contributed by atoms with Crippen LogP contribution in [0.1, 0.15) is 42.6 Å². The van der Waals surface area contributed by atoms with Gasteiger partial charge in [-0.1, -0.05) is 11.6 Å². The van der Waals surface area contributed by atoms with E-state index < -0.39 is 0 Å². The monoisotopic (exact) mass is 403 g/mol. The van der Waals surface area contributed by atoms with Gasteiger partial charge in [0.1, 0.15) is 0 Å². The van der Waals surface area contributed by atoms with Crippen LogP contribution in [0.2, 0.25) is 5.02 Å². The van der Waals surface area contributed by atoms with Crippen molar-refractivity contribution < 1.29 is 0 Å². The lowest BCUT2D eigenvalue weighted by molar-refractivity contribution is 0.341. The highest BCUT2D eigenvalue weighted by Crippen LogP contribution is 2.23. The summed E-state index contributed by atoms with van der Waals surface area (Å²) >= 11 is 6.00. The minimum Gasteiger partial charge on any atom is -0.328 e. The van der Waals surface area contributed by atoms with Crippen molar-refractivity contribution in [2.75, 3.05) is 0 Å². The molecule has 3 N–H and O–H groups in total. The van der Waals surface area contributed by atoms with E-state index in [1.54, 1.807) is 0 Å². The van der Waals surface area contributed by atoms with Crippen molar-refractivity contribution >= 4 is 36.4 Å². The molecule has 0 saturated heterocycles. The summed E-state index contributed by atoms with van der Waals surface area (Å²) in [4.78, 5) is 0. The highest BCUT2D eigenvalue weighted by Gasteiger charge is 2.18. The molecule has 1 saturated carbocycles. The number of aromatic nitrogens is 1. The number of rotatable bonds is 4. The number of nitrogens with zero attached hydrogens (tertiary/aromatic N) is 1. The van der Waals surface area contributed by atoms with E-state index in [1.807, 2.05) is 12.1 Å². The van der Waals surface area contributed by atoms with Gasteiger partial charge in [-0.2, -0.15) is 0 Å². The lowest BCUT2D eigenvalue weighted by Gasteiger charge is -2.27. The molecule has 0 bridgehead atoms.